The van der Waals surface area contributed by atoms with E-state index in [0.29, 0.717) is 13.0 Å². The third-order valence-electron chi connectivity index (χ3n) is 3.10. The molecule has 1 aromatic rings. The molecule has 1 unspecified atom stereocenters. The van der Waals surface area contributed by atoms with Crippen LogP contribution in [0.5, 0.6) is 0 Å². The molecule has 0 radical (unpaired) electrons. The van der Waals surface area contributed by atoms with Crippen LogP contribution in [0, 0.1) is 11.3 Å². The number of carbonyl (C=O) groups is 1. The van der Waals surface area contributed by atoms with Gasteiger partial charge in [-0.05, 0) is 18.3 Å². The minimum absolute atomic E-state index is 0.0860. The summed E-state index contributed by atoms with van der Waals surface area (Å²) in [7, 11) is 0. The van der Waals surface area contributed by atoms with Crippen molar-refractivity contribution in [2.45, 2.75) is 47.1 Å². The van der Waals surface area contributed by atoms with E-state index >= 15 is 0 Å². The van der Waals surface area contributed by atoms with Crippen molar-refractivity contribution >= 4 is 11.8 Å². The van der Waals surface area contributed by atoms with Crippen LogP contribution >= 0.6 is 0 Å². The number of hydrogen-bond donors (Lipinski definition) is 2. The standard InChI is InChI=1S/C15H25N3O3/c1-5-7-18-8-6-16-12(13(18)19)17-10-11(14(20)21)9-15(2,3)4/h6,8,11H,5,7,9-10H2,1-4H3,(H,16,17)(H,20,21). The fourth-order valence-electron chi connectivity index (χ4n) is 2.19. The SMILES string of the molecule is CCCn1ccnc(NCC(CC(C)(C)C)C(=O)O)c1=O. The zero-order chi connectivity index (χ0) is 16.0. The van der Waals surface area contributed by atoms with Crippen LogP contribution < -0.4 is 10.9 Å². The number of nitrogens with one attached hydrogen (secondary N) is 1. The number of aliphatic carboxylic acids is 1. The van der Waals surface area contributed by atoms with Crippen molar-refractivity contribution in [1.29, 1.82) is 0 Å². The molecule has 118 valence electrons. The molecule has 0 aromatic carbocycles. The molecular weight excluding hydrogens is 270 g/mol. The van der Waals surface area contributed by atoms with Gasteiger partial charge in [0.2, 0.25) is 0 Å². The van der Waals surface area contributed by atoms with Crippen LogP contribution in [0.2, 0.25) is 0 Å². The first kappa shape index (κ1) is 17.2. The molecule has 0 saturated heterocycles. The molecule has 0 saturated carbocycles. The van der Waals surface area contributed by atoms with Gasteiger partial charge in [0.25, 0.3) is 5.56 Å². The molecule has 1 heterocycles. The van der Waals surface area contributed by atoms with Gasteiger partial charge in [-0.1, -0.05) is 27.7 Å². The molecule has 6 heteroatoms. The maximum absolute atomic E-state index is 12.1. The number of rotatable bonds is 7. The van der Waals surface area contributed by atoms with Gasteiger partial charge in [-0.3, -0.25) is 9.59 Å². The molecule has 0 fully saturated rings. The third-order valence-corrected chi connectivity index (χ3v) is 3.10. The van der Waals surface area contributed by atoms with Gasteiger partial charge in [0.1, 0.15) is 0 Å². The van der Waals surface area contributed by atoms with Crippen LogP contribution in [0.25, 0.3) is 0 Å². The predicted molar refractivity (Wildman–Crippen MR) is 82.5 cm³/mol. The van der Waals surface area contributed by atoms with Gasteiger partial charge >= 0.3 is 5.97 Å². The van der Waals surface area contributed by atoms with Gasteiger partial charge in [-0.2, -0.15) is 0 Å². The van der Waals surface area contributed by atoms with Crippen LogP contribution in [-0.4, -0.2) is 27.2 Å². The number of aryl methyl sites for hydroxylation is 1. The van der Waals surface area contributed by atoms with Crippen LogP contribution in [-0.2, 0) is 11.3 Å². The highest BCUT2D eigenvalue weighted by atomic mass is 16.4. The maximum atomic E-state index is 12.1. The quantitative estimate of drug-likeness (QED) is 0.805. The van der Waals surface area contributed by atoms with Gasteiger partial charge in [0.15, 0.2) is 5.82 Å². The van der Waals surface area contributed by atoms with Gasteiger partial charge < -0.3 is 15.0 Å². The van der Waals surface area contributed by atoms with E-state index in [4.69, 9.17) is 0 Å². The Morgan fingerprint density at radius 2 is 2.14 bits per heavy atom. The van der Waals surface area contributed by atoms with E-state index in [-0.39, 0.29) is 23.3 Å². The summed E-state index contributed by atoms with van der Waals surface area (Å²) in [5, 5.41) is 12.2. The first-order valence-electron chi connectivity index (χ1n) is 7.26. The highest BCUT2D eigenvalue weighted by molar-refractivity contribution is 5.70. The summed E-state index contributed by atoms with van der Waals surface area (Å²) in [6, 6.07) is 0. The average Bonchev–Trinajstić information content (AvgIpc) is 2.37. The molecule has 0 aliphatic rings. The minimum Gasteiger partial charge on any atom is -0.481 e. The lowest BCUT2D eigenvalue weighted by Crippen LogP contribution is -2.31. The molecule has 1 aromatic heterocycles. The van der Waals surface area contributed by atoms with Gasteiger partial charge in [-0.15, -0.1) is 0 Å². The lowest BCUT2D eigenvalue weighted by molar-refractivity contribution is -0.142. The summed E-state index contributed by atoms with van der Waals surface area (Å²) in [6.45, 7) is 8.81. The van der Waals surface area contributed by atoms with E-state index in [1.807, 2.05) is 27.7 Å². The third kappa shape index (κ3) is 5.57. The van der Waals surface area contributed by atoms with Crippen molar-refractivity contribution in [2.75, 3.05) is 11.9 Å². The molecule has 6 nitrogen and oxygen atoms in total. The molecule has 0 bridgehead atoms. The monoisotopic (exact) mass is 295 g/mol. The lowest BCUT2D eigenvalue weighted by Gasteiger charge is -2.23. The minimum atomic E-state index is -0.859. The fraction of sp³-hybridized carbons (Fsp3) is 0.667. The Bertz CT molecular complexity index is 532. The summed E-state index contributed by atoms with van der Waals surface area (Å²) >= 11 is 0. The van der Waals surface area contributed by atoms with Crippen molar-refractivity contribution in [3.8, 4) is 0 Å². The molecular formula is C15H25N3O3. The molecule has 1 rings (SSSR count). The molecule has 0 amide bonds. The van der Waals surface area contributed by atoms with E-state index in [2.05, 4.69) is 10.3 Å². The van der Waals surface area contributed by atoms with E-state index in [9.17, 15) is 14.7 Å². The number of carboxylic acids is 1. The van der Waals surface area contributed by atoms with Crippen molar-refractivity contribution in [3.63, 3.8) is 0 Å². The largest absolute Gasteiger partial charge is 0.481 e. The molecule has 0 spiro atoms. The molecule has 0 aliphatic heterocycles. The predicted octanol–water partition coefficient (Wildman–Crippen LogP) is 2.20. The van der Waals surface area contributed by atoms with E-state index in [1.54, 1.807) is 17.0 Å². The highest BCUT2D eigenvalue weighted by Gasteiger charge is 2.24. The summed E-state index contributed by atoms with van der Waals surface area (Å²) in [5.41, 5.74) is -0.295. The Balaban J connectivity index is 2.79. The summed E-state index contributed by atoms with van der Waals surface area (Å²) < 4.78 is 1.58. The first-order chi connectivity index (χ1) is 9.74. The smallest absolute Gasteiger partial charge is 0.308 e. The molecule has 1 atom stereocenters. The zero-order valence-electron chi connectivity index (χ0n) is 13.2. The second-order valence-electron chi connectivity index (χ2n) is 6.46. The van der Waals surface area contributed by atoms with E-state index in [0.717, 1.165) is 6.42 Å². The topological polar surface area (TPSA) is 84.2 Å². The van der Waals surface area contributed by atoms with Crippen molar-refractivity contribution in [1.82, 2.24) is 9.55 Å². The fourth-order valence-corrected chi connectivity index (χ4v) is 2.19. The normalized spacial score (nSPS) is 13.0. The van der Waals surface area contributed by atoms with Crippen LogP contribution in [0.4, 0.5) is 5.82 Å². The van der Waals surface area contributed by atoms with Gasteiger partial charge in [-0.25, -0.2) is 4.98 Å². The highest BCUT2D eigenvalue weighted by Crippen LogP contribution is 2.24. The molecule has 0 aliphatic carbocycles. The zero-order valence-corrected chi connectivity index (χ0v) is 13.2. The second-order valence-corrected chi connectivity index (χ2v) is 6.46. The van der Waals surface area contributed by atoms with Crippen LogP contribution in [0.15, 0.2) is 17.2 Å². The molecule has 21 heavy (non-hydrogen) atoms. The number of nitrogens with zero attached hydrogens (tertiary/aromatic N) is 2. The lowest BCUT2D eigenvalue weighted by atomic mass is 9.84. The van der Waals surface area contributed by atoms with Crippen LogP contribution in [0.3, 0.4) is 0 Å². The van der Waals surface area contributed by atoms with Crippen molar-refractivity contribution < 1.29 is 9.90 Å². The Morgan fingerprint density at radius 3 is 2.67 bits per heavy atom. The Labute approximate surface area is 125 Å². The summed E-state index contributed by atoms with van der Waals surface area (Å²) in [4.78, 5) is 27.4. The van der Waals surface area contributed by atoms with Gasteiger partial charge in [0.05, 0.1) is 5.92 Å². The van der Waals surface area contributed by atoms with E-state index in [1.165, 1.54) is 0 Å². The Kier molecular flexibility index (Phi) is 5.93. The number of hydrogen-bond acceptors (Lipinski definition) is 4. The van der Waals surface area contributed by atoms with E-state index < -0.39 is 11.9 Å². The number of aromatic nitrogens is 2. The summed E-state index contributed by atoms with van der Waals surface area (Å²) in [5.74, 6) is -1.20. The Hall–Kier alpha value is -1.85. The number of carboxylic acid groups (broad SMARTS) is 1. The van der Waals surface area contributed by atoms with Crippen molar-refractivity contribution in [3.05, 3.63) is 22.7 Å². The Morgan fingerprint density at radius 1 is 1.48 bits per heavy atom. The van der Waals surface area contributed by atoms with Gasteiger partial charge in [0, 0.05) is 25.5 Å². The van der Waals surface area contributed by atoms with Crippen molar-refractivity contribution in [2.24, 2.45) is 11.3 Å². The first-order valence-corrected chi connectivity index (χ1v) is 7.26. The van der Waals surface area contributed by atoms with Crippen LogP contribution in [0.1, 0.15) is 40.5 Å². The number of anilines is 1. The second kappa shape index (κ2) is 7.24. The maximum Gasteiger partial charge on any atom is 0.308 e. The summed E-state index contributed by atoms with van der Waals surface area (Å²) in [6.07, 6.45) is 4.58. The average molecular weight is 295 g/mol. The molecule has 2 N–H and O–H groups in total.